The summed E-state index contributed by atoms with van der Waals surface area (Å²) in [4.78, 5) is 12.5. The molecule has 1 amide bonds. The molecule has 0 fully saturated rings. The van der Waals surface area contributed by atoms with Crippen LogP contribution in [0.2, 0.25) is 5.02 Å². The number of hydrogen-bond acceptors (Lipinski definition) is 4. The molecule has 2 aromatic rings. The van der Waals surface area contributed by atoms with Gasteiger partial charge in [0.25, 0.3) is 5.91 Å². The van der Waals surface area contributed by atoms with Gasteiger partial charge in [0, 0.05) is 35.8 Å². The number of nitrogens with one attached hydrogen (secondary N) is 1. The predicted octanol–water partition coefficient (Wildman–Crippen LogP) is 3.70. The topological polar surface area (TPSA) is 75.7 Å². The summed E-state index contributed by atoms with van der Waals surface area (Å²) in [5, 5.41) is 3.29. The van der Waals surface area contributed by atoms with E-state index in [1.54, 1.807) is 18.2 Å². The lowest BCUT2D eigenvalue weighted by molar-refractivity contribution is 0.0943. The Kier molecular flexibility index (Phi) is 7.46. The highest BCUT2D eigenvalue weighted by Gasteiger charge is 2.23. The van der Waals surface area contributed by atoms with E-state index < -0.39 is 10.0 Å². The van der Waals surface area contributed by atoms with Gasteiger partial charge >= 0.3 is 0 Å². The van der Waals surface area contributed by atoms with Crippen molar-refractivity contribution in [2.24, 2.45) is 0 Å². The maximum absolute atomic E-state index is 12.8. The van der Waals surface area contributed by atoms with Crippen LogP contribution < -0.4 is 10.1 Å². The van der Waals surface area contributed by atoms with Crippen molar-refractivity contribution in [2.45, 2.75) is 38.3 Å². The van der Waals surface area contributed by atoms with Crippen molar-refractivity contribution in [3.8, 4) is 5.75 Å². The van der Waals surface area contributed by atoms with E-state index >= 15 is 0 Å². The first kappa shape index (κ1) is 22.2. The highest BCUT2D eigenvalue weighted by Crippen LogP contribution is 2.25. The molecule has 0 bridgehead atoms. The summed E-state index contributed by atoms with van der Waals surface area (Å²) < 4.78 is 32.5. The first-order valence-corrected chi connectivity index (χ1v) is 10.8. The maximum atomic E-state index is 12.8. The van der Waals surface area contributed by atoms with Gasteiger partial charge in [-0.25, -0.2) is 8.42 Å². The van der Waals surface area contributed by atoms with E-state index in [0.717, 1.165) is 0 Å². The second kappa shape index (κ2) is 9.41. The van der Waals surface area contributed by atoms with Gasteiger partial charge in [0.15, 0.2) is 0 Å². The standard InChI is InChI=1S/C20H25ClN2O4S/c1-5-27-19-11-6-15(20(24)22-14(2)3)12-16(19)13-23(4)28(25,26)18-9-7-17(21)8-10-18/h6-12,14H,5,13H2,1-4H3,(H,22,24). The number of halogens is 1. The summed E-state index contributed by atoms with van der Waals surface area (Å²) in [7, 11) is -2.23. The molecule has 0 atom stereocenters. The van der Waals surface area contributed by atoms with Crippen molar-refractivity contribution in [2.75, 3.05) is 13.7 Å². The Labute approximate surface area is 171 Å². The summed E-state index contributed by atoms with van der Waals surface area (Å²) in [6.07, 6.45) is 0. The van der Waals surface area contributed by atoms with Crippen molar-refractivity contribution in [1.82, 2.24) is 9.62 Å². The molecule has 0 spiro atoms. The SMILES string of the molecule is CCOc1ccc(C(=O)NC(C)C)cc1CN(C)S(=O)(=O)c1ccc(Cl)cc1. The van der Waals surface area contributed by atoms with Crippen LogP contribution in [0, 0.1) is 0 Å². The first-order valence-electron chi connectivity index (χ1n) is 8.93. The zero-order valence-electron chi connectivity index (χ0n) is 16.4. The van der Waals surface area contributed by atoms with Gasteiger partial charge in [0.1, 0.15) is 5.75 Å². The molecule has 0 unspecified atom stereocenters. The fourth-order valence-electron chi connectivity index (χ4n) is 2.60. The molecular weight excluding hydrogens is 400 g/mol. The third-order valence-electron chi connectivity index (χ3n) is 3.96. The molecule has 0 aliphatic carbocycles. The Bertz CT molecular complexity index is 928. The smallest absolute Gasteiger partial charge is 0.251 e. The highest BCUT2D eigenvalue weighted by atomic mass is 35.5. The van der Waals surface area contributed by atoms with Gasteiger partial charge in [-0.1, -0.05) is 11.6 Å². The minimum atomic E-state index is -3.72. The van der Waals surface area contributed by atoms with Crippen LogP contribution in [-0.2, 0) is 16.6 Å². The molecule has 152 valence electrons. The number of benzene rings is 2. The second-order valence-corrected chi connectivity index (χ2v) is 9.08. The van der Waals surface area contributed by atoms with Crippen LogP contribution in [0.25, 0.3) is 0 Å². The molecule has 0 heterocycles. The van der Waals surface area contributed by atoms with E-state index in [9.17, 15) is 13.2 Å². The summed E-state index contributed by atoms with van der Waals surface area (Å²) in [5.74, 6) is 0.323. The Morgan fingerprint density at radius 3 is 2.39 bits per heavy atom. The largest absolute Gasteiger partial charge is 0.494 e. The van der Waals surface area contributed by atoms with Crippen molar-refractivity contribution in [1.29, 1.82) is 0 Å². The summed E-state index contributed by atoms with van der Waals surface area (Å²) in [6, 6.07) is 11.0. The quantitative estimate of drug-likeness (QED) is 0.701. The summed E-state index contributed by atoms with van der Waals surface area (Å²) in [6.45, 7) is 6.08. The molecular formula is C20H25ClN2O4S. The number of carbonyl (C=O) groups excluding carboxylic acids is 1. The molecule has 0 aliphatic heterocycles. The van der Waals surface area contributed by atoms with Crippen molar-refractivity contribution in [3.63, 3.8) is 0 Å². The number of nitrogens with zero attached hydrogens (tertiary/aromatic N) is 1. The first-order chi connectivity index (χ1) is 13.1. The maximum Gasteiger partial charge on any atom is 0.251 e. The number of ether oxygens (including phenoxy) is 1. The fraction of sp³-hybridized carbons (Fsp3) is 0.350. The third-order valence-corrected chi connectivity index (χ3v) is 6.03. The Morgan fingerprint density at radius 2 is 1.82 bits per heavy atom. The van der Waals surface area contributed by atoms with Gasteiger partial charge in [0.2, 0.25) is 10.0 Å². The number of sulfonamides is 1. The number of amides is 1. The molecule has 2 rings (SSSR count). The van der Waals surface area contributed by atoms with Crippen LogP contribution in [0.4, 0.5) is 0 Å². The zero-order valence-corrected chi connectivity index (χ0v) is 18.0. The summed E-state index contributed by atoms with van der Waals surface area (Å²) in [5.41, 5.74) is 1.06. The van der Waals surface area contributed by atoms with E-state index in [0.29, 0.717) is 28.5 Å². The Balaban J connectivity index is 2.33. The van der Waals surface area contributed by atoms with E-state index in [-0.39, 0.29) is 23.4 Å². The molecule has 0 aromatic heterocycles. The van der Waals surface area contributed by atoms with Gasteiger partial charge in [-0.3, -0.25) is 4.79 Å². The molecule has 1 N–H and O–H groups in total. The van der Waals surface area contributed by atoms with Crippen LogP contribution in [0.15, 0.2) is 47.4 Å². The average Bonchev–Trinajstić information content (AvgIpc) is 2.63. The minimum Gasteiger partial charge on any atom is -0.494 e. The van der Waals surface area contributed by atoms with Gasteiger partial charge in [-0.05, 0) is 63.2 Å². The summed E-state index contributed by atoms with van der Waals surface area (Å²) >= 11 is 5.85. The molecule has 0 saturated carbocycles. The van der Waals surface area contributed by atoms with Crippen LogP contribution in [-0.4, -0.2) is 38.3 Å². The van der Waals surface area contributed by atoms with Gasteiger partial charge < -0.3 is 10.1 Å². The highest BCUT2D eigenvalue weighted by molar-refractivity contribution is 7.89. The fourth-order valence-corrected chi connectivity index (χ4v) is 3.87. The van der Waals surface area contributed by atoms with Crippen molar-refractivity contribution < 1.29 is 17.9 Å². The molecule has 0 saturated heterocycles. The zero-order chi connectivity index (χ0) is 20.9. The van der Waals surface area contributed by atoms with Gasteiger partial charge in [0.05, 0.1) is 11.5 Å². The van der Waals surface area contributed by atoms with E-state index in [4.69, 9.17) is 16.3 Å². The Morgan fingerprint density at radius 1 is 1.18 bits per heavy atom. The molecule has 6 nitrogen and oxygen atoms in total. The molecule has 2 aromatic carbocycles. The predicted molar refractivity (Wildman–Crippen MR) is 110 cm³/mol. The van der Waals surface area contributed by atoms with Gasteiger partial charge in [-0.15, -0.1) is 0 Å². The number of rotatable bonds is 8. The third kappa shape index (κ3) is 5.47. The van der Waals surface area contributed by atoms with Crippen LogP contribution in [0.3, 0.4) is 0 Å². The lowest BCUT2D eigenvalue weighted by atomic mass is 10.1. The minimum absolute atomic E-state index is 0.00419. The lowest BCUT2D eigenvalue weighted by Gasteiger charge is -2.20. The van der Waals surface area contributed by atoms with E-state index in [2.05, 4.69) is 5.32 Å². The number of carbonyl (C=O) groups is 1. The van der Waals surface area contributed by atoms with Crippen LogP contribution in [0.1, 0.15) is 36.7 Å². The van der Waals surface area contributed by atoms with Crippen LogP contribution >= 0.6 is 11.6 Å². The average molecular weight is 425 g/mol. The van der Waals surface area contributed by atoms with Crippen molar-refractivity contribution >= 4 is 27.5 Å². The lowest BCUT2D eigenvalue weighted by Crippen LogP contribution is -2.30. The molecule has 0 aliphatic rings. The van der Waals surface area contributed by atoms with E-state index in [1.165, 1.54) is 35.6 Å². The molecule has 8 heteroatoms. The molecule has 0 radical (unpaired) electrons. The van der Waals surface area contributed by atoms with E-state index in [1.807, 2.05) is 20.8 Å². The number of hydrogen-bond donors (Lipinski definition) is 1. The van der Waals surface area contributed by atoms with Crippen LogP contribution in [0.5, 0.6) is 5.75 Å². The molecule has 28 heavy (non-hydrogen) atoms. The second-order valence-electron chi connectivity index (χ2n) is 6.60. The monoisotopic (exact) mass is 424 g/mol. The Hall–Kier alpha value is -2.09. The normalized spacial score (nSPS) is 11.7. The van der Waals surface area contributed by atoms with Crippen molar-refractivity contribution in [3.05, 3.63) is 58.6 Å². The van der Waals surface area contributed by atoms with Gasteiger partial charge in [-0.2, -0.15) is 4.31 Å².